The molecule has 1 fully saturated rings. The number of ether oxygens (including phenoxy) is 1. The van der Waals surface area contributed by atoms with Gasteiger partial charge in [0.05, 0.1) is 6.10 Å². The first-order chi connectivity index (χ1) is 9.49. The van der Waals surface area contributed by atoms with Crippen molar-refractivity contribution in [3.63, 3.8) is 0 Å². The highest BCUT2D eigenvalue weighted by molar-refractivity contribution is 4.88. The molecule has 0 saturated heterocycles. The maximum Gasteiger partial charge on any atom is 0.0776 e. The zero-order valence-corrected chi connectivity index (χ0v) is 14.5. The van der Waals surface area contributed by atoms with Crippen LogP contribution in [-0.4, -0.2) is 25.3 Å². The van der Waals surface area contributed by atoms with Crippen molar-refractivity contribution >= 4 is 0 Å². The van der Waals surface area contributed by atoms with Gasteiger partial charge in [0.2, 0.25) is 0 Å². The monoisotopic (exact) mass is 283 g/mol. The van der Waals surface area contributed by atoms with Crippen LogP contribution in [0.3, 0.4) is 0 Å². The third-order valence-electron chi connectivity index (χ3n) is 4.53. The summed E-state index contributed by atoms with van der Waals surface area (Å²) in [6.07, 6.45) is 9.96. The molecule has 0 aromatic carbocycles. The molecule has 20 heavy (non-hydrogen) atoms. The summed E-state index contributed by atoms with van der Waals surface area (Å²) in [5.74, 6) is 0.906. The van der Waals surface area contributed by atoms with Crippen LogP contribution in [0.5, 0.6) is 0 Å². The van der Waals surface area contributed by atoms with Crippen LogP contribution >= 0.6 is 0 Å². The summed E-state index contributed by atoms with van der Waals surface area (Å²) >= 11 is 0. The summed E-state index contributed by atoms with van der Waals surface area (Å²) in [6, 6.07) is 0.512. The minimum absolute atomic E-state index is 0.204. The normalized spacial score (nSPS) is 20.9. The minimum Gasteiger partial charge on any atom is -0.376 e. The summed E-state index contributed by atoms with van der Waals surface area (Å²) < 4.78 is 6.14. The third-order valence-corrected chi connectivity index (χ3v) is 4.53. The average Bonchev–Trinajstić information content (AvgIpc) is 2.41. The molecule has 0 aromatic rings. The van der Waals surface area contributed by atoms with E-state index in [4.69, 9.17) is 4.74 Å². The molecule has 0 heterocycles. The molecule has 0 bridgehead atoms. The van der Waals surface area contributed by atoms with Crippen LogP contribution in [0.15, 0.2) is 0 Å². The summed E-state index contributed by atoms with van der Waals surface area (Å²) in [7, 11) is 0. The first-order valence-electron chi connectivity index (χ1n) is 8.84. The molecule has 2 atom stereocenters. The molecule has 0 aliphatic heterocycles. The van der Waals surface area contributed by atoms with Gasteiger partial charge in [-0.1, -0.05) is 59.8 Å². The zero-order chi connectivity index (χ0) is 15.0. The van der Waals surface area contributed by atoms with Gasteiger partial charge in [0.25, 0.3) is 0 Å². The van der Waals surface area contributed by atoms with Gasteiger partial charge in [-0.15, -0.1) is 0 Å². The first-order valence-corrected chi connectivity index (χ1v) is 8.84. The van der Waals surface area contributed by atoms with Crippen LogP contribution < -0.4 is 5.32 Å². The smallest absolute Gasteiger partial charge is 0.0776 e. The van der Waals surface area contributed by atoms with Crippen molar-refractivity contribution in [1.29, 1.82) is 0 Å². The van der Waals surface area contributed by atoms with Crippen molar-refractivity contribution in [2.45, 2.75) is 91.7 Å². The van der Waals surface area contributed by atoms with Crippen molar-refractivity contribution in [3.8, 4) is 0 Å². The Kier molecular flexibility index (Phi) is 8.13. The summed E-state index contributed by atoms with van der Waals surface area (Å²) in [4.78, 5) is 0. The van der Waals surface area contributed by atoms with Gasteiger partial charge in [-0.2, -0.15) is 0 Å². The standard InChI is InChI=1S/C18H37NO/c1-6-13-19-16(14-15-11-9-8-10-12-15)17(20-7-2)18(3,4)5/h15-17,19H,6-14H2,1-5H3. The van der Waals surface area contributed by atoms with Crippen LogP contribution in [0.1, 0.15) is 79.6 Å². The highest BCUT2D eigenvalue weighted by Gasteiger charge is 2.34. The summed E-state index contributed by atoms with van der Waals surface area (Å²) in [5.41, 5.74) is 0.204. The lowest BCUT2D eigenvalue weighted by Crippen LogP contribution is -2.49. The second-order valence-electron chi connectivity index (χ2n) is 7.54. The quantitative estimate of drug-likeness (QED) is 0.692. The Balaban J connectivity index is 2.67. The molecule has 0 radical (unpaired) electrons. The third kappa shape index (κ3) is 6.13. The highest BCUT2D eigenvalue weighted by Crippen LogP contribution is 2.32. The maximum atomic E-state index is 6.14. The second kappa shape index (κ2) is 9.04. The Morgan fingerprint density at radius 2 is 1.75 bits per heavy atom. The van der Waals surface area contributed by atoms with E-state index in [2.05, 4.69) is 39.9 Å². The van der Waals surface area contributed by atoms with Gasteiger partial charge in [0, 0.05) is 12.6 Å². The minimum atomic E-state index is 0.204. The Labute approximate surface area is 127 Å². The van der Waals surface area contributed by atoms with Gasteiger partial charge in [-0.25, -0.2) is 0 Å². The van der Waals surface area contributed by atoms with Gasteiger partial charge in [-0.3, -0.25) is 0 Å². The molecule has 1 aliphatic carbocycles. The Morgan fingerprint density at radius 1 is 1.10 bits per heavy atom. The molecule has 2 heteroatoms. The van der Waals surface area contributed by atoms with E-state index in [1.165, 1.54) is 44.9 Å². The van der Waals surface area contributed by atoms with Crippen LogP contribution in [0.25, 0.3) is 0 Å². The van der Waals surface area contributed by atoms with E-state index in [1.54, 1.807) is 0 Å². The molecule has 0 aromatic heterocycles. The first kappa shape index (κ1) is 18.0. The molecule has 1 aliphatic rings. The lowest BCUT2D eigenvalue weighted by Gasteiger charge is -2.39. The van der Waals surface area contributed by atoms with Gasteiger partial charge in [0.15, 0.2) is 0 Å². The Morgan fingerprint density at radius 3 is 2.25 bits per heavy atom. The topological polar surface area (TPSA) is 21.3 Å². The molecule has 2 nitrogen and oxygen atoms in total. The van der Waals surface area contributed by atoms with Crippen LogP contribution in [0, 0.1) is 11.3 Å². The average molecular weight is 283 g/mol. The lowest BCUT2D eigenvalue weighted by molar-refractivity contribution is -0.0414. The fourth-order valence-electron chi connectivity index (χ4n) is 3.57. The molecular formula is C18H37NO. The van der Waals surface area contributed by atoms with Gasteiger partial charge < -0.3 is 10.1 Å². The number of rotatable bonds is 8. The molecule has 1 saturated carbocycles. The van der Waals surface area contributed by atoms with Crippen LogP contribution in [0.4, 0.5) is 0 Å². The number of hydrogen-bond acceptors (Lipinski definition) is 2. The fourth-order valence-corrected chi connectivity index (χ4v) is 3.57. The van der Waals surface area contributed by atoms with Crippen LogP contribution in [-0.2, 0) is 4.74 Å². The molecular weight excluding hydrogens is 246 g/mol. The van der Waals surface area contributed by atoms with E-state index in [0.717, 1.165) is 19.1 Å². The summed E-state index contributed by atoms with van der Waals surface area (Å²) in [6.45, 7) is 13.2. The largest absolute Gasteiger partial charge is 0.376 e. The Bertz CT molecular complexity index is 240. The molecule has 2 unspecified atom stereocenters. The Hall–Kier alpha value is -0.0800. The van der Waals surface area contributed by atoms with Crippen molar-refractivity contribution in [2.24, 2.45) is 11.3 Å². The summed E-state index contributed by atoms with van der Waals surface area (Å²) in [5, 5.41) is 3.78. The molecule has 1 N–H and O–H groups in total. The lowest BCUT2D eigenvalue weighted by atomic mass is 9.78. The van der Waals surface area contributed by atoms with Crippen molar-refractivity contribution < 1.29 is 4.74 Å². The van der Waals surface area contributed by atoms with Gasteiger partial charge in [-0.05, 0) is 37.6 Å². The van der Waals surface area contributed by atoms with Gasteiger partial charge in [0.1, 0.15) is 0 Å². The van der Waals surface area contributed by atoms with E-state index in [9.17, 15) is 0 Å². The second-order valence-corrected chi connectivity index (χ2v) is 7.54. The molecule has 120 valence electrons. The predicted molar refractivity (Wildman–Crippen MR) is 88.1 cm³/mol. The van der Waals surface area contributed by atoms with E-state index in [0.29, 0.717) is 12.1 Å². The van der Waals surface area contributed by atoms with Crippen molar-refractivity contribution in [1.82, 2.24) is 5.32 Å². The molecule has 1 rings (SSSR count). The van der Waals surface area contributed by atoms with Gasteiger partial charge >= 0.3 is 0 Å². The molecule has 0 spiro atoms. The zero-order valence-electron chi connectivity index (χ0n) is 14.5. The predicted octanol–water partition coefficient (Wildman–Crippen LogP) is 4.78. The van der Waals surface area contributed by atoms with E-state index in [-0.39, 0.29) is 5.41 Å². The van der Waals surface area contributed by atoms with E-state index >= 15 is 0 Å². The van der Waals surface area contributed by atoms with E-state index in [1.807, 2.05) is 0 Å². The molecule has 0 amide bonds. The van der Waals surface area contributed by atoms with E-state index < -0.39 is 0 Å². The van der Waals surface area contributed by atoms with Crippen molar-refractivity contribution in [2.75, 3.05) is 13.2 Å². The SMILES string of the molecule is CCCNC(CC1CCCCC1)C(OCC)C(C)(C)C. The number of nitrogens with one attached hydrogen (secondary N) is 1. The highest BCUT2D eigenvalue weighted by atomic mass is 16.5. The fraction of sp³-hybridized carbons (Fsp3) is 1.00. The van der Waals surface area contributed by atoms with Crippen LogP contribution in [0.2, 0.25) is 0 Å². The number of hydrogen-bond donors (Lipinski definition) is 1. The maximum absolute atomic E-state index is 6.14. The van der Waals surface area contributed by atoms with Crippen molar-refractivity contribution in [3.05, 3.63) is 0 Å².